The summed E-state index contributed by atoms with van der Waals surface area (Å²) in [5, 5.41) is 18.8. The Morgan fingerprint density at radius 2 is 0.654 bits per heavy atom. The smallest absolute Gasteiger partial charge is 0.0890 e. The van der Waals surface area contributed by atoms with E-state index in [1.165, 1.54) is 16.2 Å². The van der Waals surface area contributed by atoms with E-state index in [1.54, 1.807) is 0 Å². The highest BCUT2D eigenvalue weighted by atomic mass is 15.2. The second kappa shape index (κ2) is 13.7. The molecule has 0 saturated carbocycles. The molecule has 0 amide bonds. The molecule has 0 saturated heterocycles. The molecule has 9 aromatic carbocycles. The Kier molecular flexibility index (Phi) is 8.16. The zero-order valence-corrected chi connectivity index (χ0v) is 28.5. The Labute approximate surface area is 303 Å². The first-order valence-electron chi connectivity index (χ1n) is 17.6. The minimum atomic E-state index is 0.923. The van der Waals surface area contributed by atoms with Gasteiger partial charge in [-0.3, -0.25) is 0 Å². The summed E-state index contributed by atoms with van der Waals surface area (Å²) in [6, 6.07) is 70.4. The van der Waals surface area contributed by atoms with Gasteiger partial charge in [0.1, 0.15) is 0 Å². The molecule has 0 heterocycles. The van der Waals surface area contributed by atoms with Gasteiger partial charge in [-0.25, -0.2) is 0 Å². The molecule has 4 nitrogen and oxygen atoms in total. The van der Waals surface area contributed by atoms with Crippen LogP contribution in [-0.4, -0.2) is 0 Å². The van der Waals surface area contributed by atoms with E-state index in [2.05, 4.69) is 221 Å². The third-order valence-electron chi connectivity index (χ3n) is 9.61. The Hall–Kier alpha value is -7.04. The summed E-state index contributed by atoms with van der Waals surface area (Å²) in [4.78, 5) is 2.32. The Morgan fingerprint density at radius 3 is 1.13 bits per heavy atom. The lowest BCUT2D eigenvalue weighted by Gasteiger charge is -2.31. The van der Waals surface area contributed by atoms with E-state index >= 15 is 0 Å². The Morgan fingerprint density at radius 1 is 0.269 bits per heavy atom. The summed E-state index contributed by atoms with van der Waals surface area (Å²) in [6.45, 7) is 0. The molecule has 0 aliphatic rings. The van der Waals surface area contributed by atoms with Gasteiger partial charge in [0, 0.05) is 44.6 Å². The molecule has 0 aliphatic carbocycles. The largest absolute Gasteiger partial charge is 0.353 e. The molecule has 0 aromatic heterocycles. The van der Waals surface area contributed by atoms with Crippen molar-refractivity contribution < 1.29 is 0 Å². The molecule has 9 aromatic rings. The quantitative estimate of drug-likeness (QED) is 0.143. The maximum atomic E-state index is 3.99. The van der Waals surface area contributed by atoms with Crippen LogP contribution in [-0.2, 0) is 0 Å². The predicted molar refractivity (Wildman–Crippen MR) is 223 cm³/mol. The van der Waals surface area contributed by atoms with E-state index in [-0.39, 0.29) is 0 Å². The average Bonchev–Trinajstić information content (AvgIpc) is 3.21. The number of hydrogen-bond donors (Lipinski definition) is 3. The summed E-state index contributed by atoms with van der Waals surface area (Å²) in [7, 11) is 0. The Balaban J connectivity index is 1.33. The molecular weight excluding hydrogens is 633 g/mol. The van der Waals surface area contributed by atoms with Gasteiger partial charge in [-0.1, -0.05) is 146 Å². The van der Waals surface area contributed by atoms with Gasteiger partial charge in [0.05, 0.1) is 22.7 Å². The van der Waals surface area contributed by atoms with E-state index < -0.39 is 0 Å². The van der Waals surface area contributed by atoms with Crippen LogP contribution in [0.5, 0.6) is 0 Å². The normalized spacial score (nSPS) is 11.1. The highest BCUT2D eigenvalue weighted by Crippen LogP contribution is 2.49. The van der Waals surface area contributed by atoms with Crippen LogP contribution in [0, 0.1) is 0 Å². The molecule has 9 rings (SSSR count). The van der Waals surface area contributed by atoms with Gasteiger partial charge >= 0.3 is 0 Å². The van der Waals surface area contributed by atoms with Crippen molar-refractivity contribution in [1.82, 2.24) is 0 Å². The summed E-state index contributed by atoms with van der Waals surface area (Å²) in [5.41, 5.74) is 8.97. The number of rotatable bonds is 9. The molecule has 52 heavy (non-hydrogen) atoms. The molecule has 3 N–H and O–H groups in total. The molecule has 0 aliphatic heterocycles. The highest BCUT2D eigenvalue weighted by Gasteiger charge is 2.23. The van der Waals surface area contributed by atoms with Crippen molar-refractivity contribution in [3.63, 3.8) is 0 Å². The third kappa shape index (κ3) is 5.93. The van der Waals surface area contributed by atoms with E-state index in [0.29, 0.717) is 0 Å². The van der Waals surface area contributed by atoms with Crippen molar-refractivity contribution in [3.8, 4) is 0 Å². The summed E-state index contributed by atoms with van der Waals surface area (Å²) >= 11 is 0. The average molecular weight is 669 g/mol. The highest BCUT2D eigenvalue weighted by molar-refractivity contribution is 6.07. The van der Waals surface area contributed by atoms with E-state index in [1.807, 2.05) is 0 Å². The predicted octanol–water partition coefficient (Wildman–Crippen LogP) is 13.8. The van der Waals surface area contributed by atoms with Crippen molar-refractivity contribution >= 4 is 83.5 Å². The first-order chi connectivity index (χ1) is 25.8. The number of para-hydroxylation sites is 2. The number of anilines is 9. The van der Waals surface area contributed by atoms with E-state index in [9.17, 15) is 0 Å². The van der Waals surface area contributed by atoms with Gasteiger partial charge in [0.2, 0.25) is 0 Å². The summed E-state index contributed by atoms with van der Waals surface area (Å²) < 4.78 is 0. The van der Waals surface area contributed by atoms with Gasteiger partial charge in [-0.15, -0.1) is 0 Å². The van der Waals surface area contributed by atoms with Crippen LogP contribution >= 0.6 is 0 Å². The molecule has 4 heteroatoms. The fourth-order valence-electron chi connectivity index (χ4n) is 7.14. The van der Waals surface area contributed by atoms with E-state index in [0.717, 1.165) is 67.3 Å². The molecule has 0 fully saturated rings. The van der Waals surface area contributed by atoms with Crippen molar-refractivity contribution in [3.05, 3.63) is 200 Å². The van der Waals surface area contributed by atoms with Gasteiger partial charge in [0.25, 0.3) is 0 Å². The molecule has 0 bridgehead atoms. The SMILES string of the molecule is c1ccc(N(c2ccccc2)c2ccc(Nc3cccc4ccccc34)c(Nc3cccc4ccccc34)c2Nc2cccc3ccccc23)cc1. The second-order valence-electron chi connectivity index (χ2n) is 12.8. The number of nitrogens with zero attached hydrogens (tertiary/aromatic N) is 1. The maximum Gasteiger partial charge on any atom is 0.0890 e. The number of hydrogen-bond acceptors (Lipinski definition) is 4. The zero-order valence-electron chi connectivity index (χ0n) is 28.5. The lowest BCUT2D eigenvalue weighted by Crippen LogP contribution is -2.14. The standard InChI is InChI=1S/C48H36N4/c1-3-22-37(23-4-1)52(38-24-5-2-6-25-38)46-33-32-45(49-42-29-13-19-34-16-7-10-26-39(34)42)47(50-43-30-14-20-35-17-8-11-27-40(35)43)48(46)51-44-31-15-21-36-18-9-12-28-41(36)44/h1-33,49-51H. The third-order valence-corrected chi connectivity index (χ3v) is 9.61. The van der Waals surface area contributed by atoms with Crippen LogP contribution in [0.25, 0.3) is 32.3 Å². The molecule has 0 spiro atoms. The van der Waals surface area contributed by atoms with Crippen LogP contribution in [0.15, 0.2) is 200 Å². The monoisotopic (exact) mass is 668 g/mol. The maximum absolute atomic E-state index is 3.99. The number of benzene rings is 9. The number of fused-ring (bicyclic) bond motifs is 3. The fourth-order valence-corrected chi connectivity index (χ4v) is 7.14. The minimum Gasteiger partial charge on any atom is -0.353 e. The van der Waals surface area contributed by atoms with Crippen LogP contribution in [0.1, 0.15) is 0 Å². The molecule has 248 valence electrons. The zero-order chi connectivity index (χ0) is 34.7. The lowest BCUT2D eigenvalue weighted by molar-refractivity contribution is 1.28. The minimum absolute atomic E-state index is 0.923. The number of nitrogens with one attached hydrogen (secondary N) is 3. The van der Waals surface area contributed by atoms with Gasteiger partial charge in [-0.05, 0) is 70.8 Å². The topological polar surface area (TPSA) is 39.3 Å². The van der Waals surface area contributed by atoms with Crippen LogP contribution in [0.2, 0.25) is 0 Å². The van der Waals surface area contributed by atoms with Crippen LogP contribution < -0.4 is 20.9 Å². The first-order valence-corrected chi connectivity index (χ1v) is 17.6. The van der Waals surface area contributed by atoms with Crippen molar-refractivity contribution in [2.24, 2.45) is 0 Å². The first kappa shape index (κ1) is 31.0. The molecular formula is C48H36N4. The second-order valence-corrected chi connectivity index (χ2v) is 12.8. The van der Waals surface area contributed by atoms with Crippen molar-refractivity contribution in [2.75, 3.05) is 20.9 Å². The van der Waals surface area contributed by atoms with E-state index in [4.69, 9.17) is 0 Å². The van der Waals surface area contributed by atoms with Gasteiger partial charge in [0.15, 0.2) is 0 Å². The van der Waals surface area contributed by atoms with Gasteiger partial charge < -0.3 is 20.9 Å². The Bertz CT molecular complexity index is 2610. The van der Waals surface area contributed by atoms with Gasteiger partial charge in [-0.2, -0.15) is 0 Å². The van der Waals surface area contributed by atoms with Crippen molar-refractivity contribution in [1.29, 1.82) is 0 Å². The van der Waals surface area contributed by atoms with Crippen LogP contribution in [0.4, 0.5) is 51.2 Å². The van der Waals surface area contributed by atoms with Crippen LogP contribution in [0.3, 0.4) is 0 Å². The molecule has 0 atom stereocenters. The lowest BCUT2D eigenvalue weighted by atomic mass is 10.0. The molecule has 0 radical (unpaired) electrons. The van der Waals surface area contributed by atoms with Crippen molar-refractivity contribution in [2.45, 2.75) is 0 Å². The summed E-state index contributed by atoms with van der Waals surface area (Å²) in [5.74, 6) is 0. The molecule has 0 unspecified atom stereocenters. The fraction of sp³-hybridized carbons (Fsp3) is 0. The summed E-state index contributed by atoms with van der Waals surface area (Å²) in [6.07, 6.45) is 0.